The zero-order chi connectivity index (χ0) is 17.9. The zero-order valence-corrected chi connectivity index (χ0v) is 14.0. The van der Waals surface area contributed by atoms with E-state index in [1.54, 1.807) is 0 Å². The van der Waals surface area contributed by atoms with Crippen molar-refractivity contribution < 1.29 is 18.7 Å². The molecule has 2 amide bonds. The van der Waals surface area contributed by atoms with E-state index in [1.807, 2.05) is 6.92 Å². The molecule has 0 saturated carbocycles. The van der Waals surface area contributed by atoms with Gasteiger partial charge < -0.3 is 14.5 Å². The summed E-state index contributed by atoms with van der Waals surface area (Å²) in [4.78, 5) is 27.4. The SMILES string of the molecule is COc1ccc(C(=O)N(C)CC(=O)N2CC(C)CC2C#N)cc1F. The summed E-state index contributed by atoms with van der Waals surface area (Å²) >= 11 is 0. The van der Waals surface area contributed by atoms with E-state index in [9.17, 15) is 14.0 Å². The van der Waals surface area contributed by atoms with Gasteiger partial charge in [0.1, 0.15) is 6.04 Å². The lowest BCUT2D eigenvalue weighted by Gasteiger charge is -2.24. The minimum atomic E-state index is -0.638. The Labute approximate surface area is 140 Å². The molecule has 2 rings (SSSR count). The molecule has 1 fully saturated rings. The molecule has 24 heavy (non-hydrogen) atoms. The van der Waals surface area contributed by atoms with E-state index in [4.69, 9.17) is 10.00 Å². The van der Waals surface area contributed by atoms with Crippen molar-refractivity contribution in [2.75, 3.05) is 27.2 Å². The average Bonchev–Trinajstić information content (AvgIpc) is 2.95. The molecule has 0 spiro atoms. The lowest BCUT2D eigenvalue weighted by molar-refractivity contribution is -0.131. The Morgan fingerprint density at radius 1 is 1.50 bits per heavy atom. The second-order valence-corrected chi connectivity index (χ2v) is 6.04. The maximum Gasteiger partial charge on any atom is 0.254 e. The first kappa shape index (κ1) is 17.7. The van der Waals surface area contributed by atoms with Crippen molar-refractivity contribution in [2.24, 2.45) is 5.92 Å². The van der Waals surface area contributed by atoms with Crippen molar-refractivity contribution >= 4 is 11.8 Å². The third-order valence-corrected chi connectivity index (χ3v) is 4.10. The number of rotatable bonds is 4. The third-order valence-electron chi connectivity index (χ3n) is 4.10. The van der Waals surface area contributed by atoms with Crippen LogP contribution >= 0.6 is 0 Å². The summed E-state index contributed by atoms with van der Waals surface area (Å²) in [5, 5.41) is 9.13. The predicted octanol–water partition coefficient (Wildman–Crippen LogP) is 1.67. The van der Waals surface area contributed by atoms with Crippen molar-refractivity contribution in [3.05, 3.63) is 29.6 Å². The van der Waals surface area contributed by atoms with E-state index in [1.165, 1.54) is 36.1 Å². The fraction of sp³-hybridized carbons (Fsp3) is 0.471. The van der Waals surface area contributed by atoms with E-state index < -0.39 is 17.8 Å². The minimum Gasteiger partial charge on any atom is -0.494 e. The van der Waals surface area contributed by atoms with Gasteiger partial charge in [0.25, 0.3) is 5.91 Å². The van der Waals surface area contributed by atoms with E-state index >= 15 is 0 Å². The molecule has 2 unspecified atom stereocenters. The van der Waals surface area contributed by atoms with Gasteiger partial charge >= 0.3 is 0 Å². The molecule has 6 nitrogen and oxygen atoms in total. The first-order chi connectivity index (χ1) is 11.4. The van der Waals surface area contributed by atoms with Gasteiger partial charge in [0.2, 0.25) is 5.91 Å². The number of ether oxygens (including phenoxy) is 1. The summed E-state index contributed by atoms with van der Waals surface area (Å²) in [5.41, 5.74) is 0.134. The topological polar surface area (TPSA) is 73.6 Å². The second kappa shape index (κ2) is 7.30. The predicted molar refractivity (Wildman–Crippen MR) is 84.8 cm³/mol. The number of likely N-dealkylation sites (tertiary alicyclic amines) is 1. The molecule has 7 heteroatoms. The summed E-state index contributed by atoms with van der Waals surface area (Å²) < 4.78 is 18.5. The van der Waals surface area contributed by atoms with Gasteiger partial charge in [0, 0.05) is 19.2 Å². The molecule has 0 aliphatic carbocycles. The minimum absolute atomic E-state index is 0.0493. The van der Waals surface area contributed by atoms with Crippen LogP contribution in [0.2, 0.25) is 0 Å². The van der Waals surface area contributed by atoms with Crippen LogP contribution in [0.5, 0.6) is 5.75 Å². The van der Waals surface area contributed by atoms with Gasteiger partial charge in [-0.05, 0) is 30.5 Å². The lowest BCUT2D eigenvalue weighted by atomic mass is 10.1. The Kier molecular flexibility index (Phi) is 5.39. The number of halogens is 1. The fourth-order valence-electron chi connectivity index (χ4n) is 2.83. The summed E-state index contributed by atoms with van der Waals surface area (Å²) in [6.45, 7) is 2.33. The Morgan fingerprint density at radius 2 is 2.21 bits per heavy atom. The van der Waals surface area contributed by atoms with Crippen LogP contribution in [-0.4, -0.2) is 54.9 Å². The summed E-state index contributed by atoms with van der Waals surface area (Å²) in [7, 11) is 2.82. The van der Waals surface area contributed by atoms with Crippen LogP contribution in [0.25, 0.3) is 0 Å². The summed E-state index contributed by atoms with van der Waals surface area (Å²) in [5.74, 6) is -1.08. The van der Waals surface area contributed by atoms with Crippen LogP contribution < -0.4 is 4.74 Å². The summed E-state index contributed by atoms with van der Waals surface area (Å²) in [6, 6.07) is 5.56. The van der Waals surface area contributed by atoms with E-state index in [-0.39, 0.29) is 29.7 Å². The number of amides is 2. The number of methoxy groups -OCH3 is 1. The average molecular weight is 333 g/mol. The van der Waals surface area contributed by atoms with E-state index in [0.29, 0.717) is 13.0 Å². The number of carbonyl (C=O) groups is 2. The highest BCUT2D eigenvalue weighted by Crippen LogP contribution is 2.23. The number of nitriles is 1. The van der Waals surface area contributed by atoms with E-state index in [2.05, 4.69) is 6.07 Å². The molecular formula is C17H20FN3O3. The third kappa shape index (κ3) is 3.65. The number of likely N-dealkylation sites (N-methyl/N-ethyl adjacent to an activating group) is 1. The Bertz CT molecular complexity index is 686. The quantitative estimate of drug-likeness (QED) is 0.840. The van der Waals surface area contributed by atoms with Crippen molar-refractivity contribution in [3.63, 3.8) is 0 Å². The highest BCUT2D eigenvalue weighted by atomic mass is 19.1. The Hall–Kier alpha value is -2.62. The second-order valence-electron chi connectivity index (χ2n) is 6.04. The number of hydrogen-bond donors (Lipinski definition) is 0. The molecule has 1 aromatic rings. The van der Waals surface area contributed by atoms with Crippen molar-refractivity contribution in [2.45, 2.75) is 19.4 Å². The molecule has 0 aromatic heterocycles. The number of benzene rings is 1. The Balaban J connectivity index is 2.05. The Morgan fingerprint density at radius 3 is 2.79 bits per heavy atom. The molecule has 0 bridgehead atoms. The van der Waals surface area contributed by atoms with Gasteiger partial charge in [-0.25, -0.2) is 4.39 Å². The monoisotopic (exact) mass is 333 g/mol. The molecular weight excluding hydrogens is 313 g/mol. The first-order valence-corrected chi connectivity index (χ1v) is 7.65. The van der Waals surface area contributed by atoms with Gasteiger partial charge in [-0.3, -0.25) is 9.59 Å². The van der Waals surface area contributed by atoms with Crippen molar-refractivity contribution in [3.8, 4) is 11.8 Å². The van der Waals surface area contributed by atoms with E-state index in [0.717, 1.165) is 6.07 Å². The van der Waals surface area contributed by atoms with Crippen LogP contribution in [0.3, 0.4) is 0 Å². The largest absolute Gasteiger partial charge is 0.494 e. The first-order valence-electron chi connectivity index (χ1n) is 7.65. The highest BCUT2D eigenvalue weighted by molar-refractivity contribution is 5.96. The molecule has 1 aromatic carbocycles. The smallest absolute Gasteiger partial charge is 0.254 e. The standard InChI is InChI=1S/C17H20FN3O3/c1-11-6-13(8-19)21(9-11)16(22)10-20(2)17(23)12-4-5-15(24-3)14(18)7-12/h4-5,7,11,13H,6,9-10H2,1-3H3. The van der Waals surface area contributed by atoms with Gasteiger partial charge in [-0.1, -0.05) is 6.92 Å². The highest BCUT2D eigenvalue weighted by Gasteiger charge is 2.33. The molecule has 1 aliphatic heterocycles. The van der Waals surface area contributed by atoms with Crippen LogP contribution in [0.4, 0.5) is 4.39 Å². The number of hydrogen-bond acceptors (Lipinski definition) is 4. The maximum absolute atomic E-state index is 13.7. The van der Waals surface area contributed by atoms with Crippen LogP contribution in [0, 0.1) is 23.1 Å². The molecule has 1 aliphatic rings. The number of carbonyl (C=O) groups excluding carboxylic acids is 2. The molecule has 128 valence electrons. The van der Waals surface area contributed by atoms with Crippen LogP contribution in [0.15, 0.2) is 18.2 Å². The lowest BCUT2D eigenvalue weighted by Crippen LogP contribution is -2.43. The van der Waals surface area contributed by atoms with Crippen molar-refractivity contribution in [1.82, 2.24) is 9.80 Å². The molecule has 1 saturated heterocycles. The van der Waals surface area contributed by atoms with Crippen molar-refractivity contribution in [1.29, 1.82) is 5.26 Å². The maximum atomic E-state index is 13.7. The fourth-order valence-corrected chi connectivity index (χ4v) is 2.83. The number of nitrogens with zero attached hydrogens (tertiary/aromatic N) is 3. The van der Waals surface area contributed by atoms with Gasteiger partial charge in [-0.15, -0.1) is 0 Å². The molecule has 1 heterocycles. The zero-order valence-electron chi connectivity index (χ0n) is 14.0. The molecule has 0 radical (unpaired) electrons. The van der Waals surface area contributed by atoms with Gasteiger partial charge in [0.15, 0.2) is 11.6 Å². The normalized spacial score (nSPS) is 19.7. The molecule has 2 atom stereocenters. The van der Waals surface area contributed by atoms with Gasteiger partial charge in [-0.2, -0.15) is 5.26 Å². The summed E-state index contributed by atoms with van der Waals surface area (Å²) in [6.07, 6.45) is 0.642. The van der Waals surface area contributed by atoms with Crippen LogP contribution in [-0.2, 0) is 4.79 Å². The van der Waals surface area contributed by atoms with Crippen LogP contribution in [0.1, 0.15) is 23.7 Å². The molecule has 0 N–H and O–H groups in total. The van der Waals surface area contributed by atoms with Gasteiger partial charge in [0.05, 0.1) is 19.7 Å².